The summed E-state index contributed by atoms with van der Waals surface area (Å²) in [6.45, 7) is 18.1. The van der Waals surface area contributed by atoms with E-state index in [0.717, 1.165) is 17.9 Å². The van der Waals surface area contributed by atoms with E-state index < -0.39 is 0 Å². The van der Waals surface area contributed by atoms with Crippen LogP contribution in [0.2, 0.25) is 0 Å². The van der Waals surface area contributed by atoms with Crippen LogP contribution in [0.4, 0.5) is 11.4 Å². The first-order valence-electron chi connectivity index (χ1n) is 12.8. The monoisotopic (exact) mass is 454 g/mol. The number of hydrogen-bond donors (Lipinski definition) is 1. The summed E-state index contributed by atoms with van der Waals surface area (Å²) in [5, 5.41) is 3.86. The van der Waals surface area contributed by atoms with Gasteiger partial charge in [-0.1, -0.05) is 122 Å². The molecule has 0 saturated carbocycles. The highest BCUT2D eigenvalue weighted by molar-refractivity contribution is 6.00. The van der Waals surface area contributed by atoms with Gasteiger partial charge < -0.3 is 5.32 Å². The molecule has 2 heteroatoms. The predicted molar refractivity (Wildman–Crippen MR) is 150 cm³/mol. The number of anilines is 1. The fraction of sp³-hybridized carbons (Fsp3) is 0.406. The Morgan fingerprint density at radius 1 is 0.588 bits per heavy atom. The summed E-state index contributed by atoms with van der Waals surface area (Å²) in [4.78, 5) is 5.40. The van der Waals surface area contributed by atoms with Gasteiger partial charge in [-0.3, -0.25) is 0 Å². The molecule has 2 nitrogen and oxygen atoms in total. The lowest BCUT2D eigenvalue weighted by molar-refractivity contribution is 0.833. The lowest BCUT2D eigenvalue weighted by Crippen LogP contribution is -2.18. The van der Waals surface area contributed by atoms with Crippen LogP contribution in [0.3, 0.4) is 0 Å². The van der Waals surface area contributed by atoms with Crippen molar-refractivity contribution in [2.24, 2.45) is 4.99 Å². The van der Waals surface area contributed by atoms with Gasteiger partial charge in [-0.25, -0.2) is 4.99 Å². The number of rotatable bonds is 8. The van der Waals surface area contributed by atoms with Crippen molar-refractivity contribution < 1.29 is 0 Å². The third kappa shape index (κ3) is 6.17. The van der Waals surface area contributed by atoms with Crippen molar-refractivity contribution in [1.82, 2.24) is 0 Å². The van der Waals surface area contributed by atoms with E-state index in [9.17, 15) is 0 Å². The van der Waals surface area contributed by atoms with E-state index in [0.29, 0.717) is 23.7 Å². The predicted octanol–water partition coefficient (Wildman–Crippen LogP) is 9.56. The topological polar surface area (TPSA) is 24.4 Å². The summed E-state index contributed by atoms with van der Waals surface area (Å²) < 4.78 is 0. The van der Waals surface area contributed by atoms with Crippen molar-refractivity contribution in [1.29, 1.82) is 0 Å². The third-order valence-electron chi connectivity index (χ3n) is 6.45. The molecule has 0 heterocycles. The zero-order chi connectivity index (χ0) is 24.8. The number of nitrogens with zero attached hydrogens (tertiary/aromatic N) is 1. The van der Waals surface area contributed by atoms with Gasteiger partial charge in [0.15, 0.2) is 0 Å². The minimum atomic E-state index is 0.407. The molecule has 0 unspecified atom stereocenters. The van der Waals surface area contributed by atoms with E-state index in [1.165, 1.54) is 33.5 Å². The van der Waals surface area contributed by atoms with Crippen molar-refractivity contribution in [2.75, 3.05) is 5.32 Å². The van der Waals surface area contributed by atoms with Gasteiger partial charge in [-0.05, 0) is 51.5 Å². The number of hydrogen-bond acceptors (Lipinski definition) is 1. The summed E-state index contributed by atoms with van der Waals surface area (Å²) in [7, 11) is 0. The SMILES string of the molecule is CC(C)c1cccc(C(C)C)c1N=C(Cc1ccccc1)Nc1c(C(C)C)cccc1C(C)C. The van der Waals surface area contributed by atoms with Gasteiger partial charge in [0, 0.05) is 12.1 Å². The zero-order valence-corrected chi connectivity index (χ0v) is 22.3. The smallest absolute Gasteiger partial charge is 0.111 e. The quantitative estimate of drug-likeness (QED) is 0.266. The Hall–Kier alpha value is -2.87. The molecule has 0 amide bonds. The standard InChI is InChI=1S/C32H42N2/c1-21(2)26-16-12-17-27(22(3)4)31(26)33-30(20-25-14-10-9-11-15-25)34-32-28(23(5)6)18-13-19-29(32)24(7)8/h9-19,21-24H,20H2,1-8H3,(H,33,34). The highest BCUT2D eigenvalue weighted by Crippen LogP contribution is 2.36. The molecule has 0 spiro atoms. The molecule has 34 heavy (non-hydrogen) atoms. The Morgan fingerprint density at radius 3 is 1.47 bits per heavy atom. The fourth-order valence-corrected chi connectivity index (χ4v) is 4.52. The lowest BCUT2D eigenvalue weighted by atomic mass is 9.92. The summed E-state index contributed by atoms with van der Waals surface area (Å²) >= 11 is 0. The van der Waals surface area contributed by atoms with Crippen LogP contribution < -0.4 is 5.32 Å². The van der Waals surface area contributed by atoms with Crippen LogP contribution in [0, 0.1) is 0 Å². The molecule has 0 radical (unpaired) electrons. The van der Waals surface area contributed by atoms with E-state index in [-0.39, 0.29) is 0 Å². The molecule has 0 atom stereocenters. The maximum atomic E-state index is 5.40. The number of para-hydroxylation sites is 2. The lowest BCUT2D eigenvalue weighted by Gasteiger charge is -2.23. The van der Waals surface area contributed by atoms with Crippen LogP contribution in [0.1, 0.15) is 107 Å². The molecule has 0 saturated heterocycles. The van der Waals surface area contributed by atoms with Gasteiger partial charge in [0.25, 0.3) is 0 Å². The van der Waals surface area contributed by atoms with Gasteiger partial charge in [0.2, 0.25) is 0 Å². The minimum absolute atomic E-state index is 0.407. The molecule has 0 fully saturated rings. The number of nitrogens with one attached hydrogen (secondary N) is 1. The third-order valence-corrected chi connectivity index (χ3v) is 6.45. The Kier molecular flexibility index (Phi) is 8.72. The summed E-state index contributed by atoms with van der Waals surface area (Å²) in [6, 6.07) is 24.0. The first-order chi connectivity index (χ1) is 16.2. The van der Waals surface area contributed by atoms with Crippen LogP contribution in [0.25, 0.3) is 0 Å². The van der Waals surface area contributed by atoms with Crippen LogP contribution in [-0.4, -0.2) is 5.84 Å². The summed E-state index contributed by atoms with van der Waals surface area (Å²) in [6.07, 6.45) is 0.759. The second kappa shape index (κ2) is 11.5. The number of benzene rings is 3. The van der Waals surface area contributed by atoms with Gasteiger partial charge in [-0.15, -0.1) is 0 Å². The van der Waals surface area contributed by atoms with Gasteiger partial charge in [0.05, 0.1) is 5.69 Å². The Labute approximate surface area is 207 Å². The normalized spacial score (nSPS) is 12.3. The Bertz CT molecular complexity index is 1050. The molecule has 0 aromatic heterocycles. The van der Waals surface area contributed by atoms with Crippen molar-refractivity contribution >= 4 is 17.2 Å². The molecular formula is C32H42N2. The van der Waals surface area contributed by atoms with Crippen LogP contribution >= 0.6 is 0 Å². The molecular weight excluding hydrogens is 412 g/mol. The van der Waals surface area contributed by atoms with Crippen molar-refractivity contribution in [2.45, 2.75) is 85.5 Å². The molecule has 3 rings (SSSR count). The first-order valence-corrected chi connectivity index (χ1v) is 12.8. The van der Waals surface area contributed by atoms with Crippen molar-refractivity contribution in [3.8, 4) is 0 Å². The van der Waals surface area contributed by atoms with Crippen LogP contribution in [0.15, 0.2) is 71.7 Å². The minimum Gasteiger partial charge on any atom is -0.343 e. The average molecular weight is 455 g/mol. The molecule has 0 aliphatic carbocycles. The summed E-state index contributed by atoms with van der Waals surface area (Å²) in [5.74, 6) is 2.66. The van der Waals surface area contributed by atoms with E-state index in [4.69, 9.17) is 4.99 Å². The molecule has 0 bridgehead atoms. The fourth-order valence-electron chi connectivity index (χ4n) is 4.52. The van der Waals surface area contributed by atoms with Gasteiger partial charge in [0.1, 0.15) is 5.84 Å². The largest absolute Gasteiger partial charge is 0.343 e. The van der Waals surface area contributed by atoms with Crippen molar-refractivity contribution in [3.63, 3.8) is 0 Å². The van der Waals surface area contributed by atoms with E-state index >= 15 is 0 Å². The van der Waals surface area contributed by atoms with Gasteiger partial charge in [-0.2, -0.15) is 0 Å². The number of aliphatic imine (C=N–C) groups is 1. The highest BCUT2D eigenvalue weighted by atomic mass is 15.0. The summed E-state index contributed by atoms with van der Waals surface area (Å²) in [5.41, 5.74) is 8.89. The maximum Gasteiger partial charge on any atom is 0.111 e. The number of amidine groups is 1. The van der Waals surface area contributed by atoms with E-state index in [1.54, 1.807) is 0 Å². The molecule has 0 aliphatic heterocycles. The maximum absolute atomic E-state index is 5.40. The second-order valence-electron chi connectivity index (χ2n) is 10.6. The Balaban J connectivity index is 2.21. The highest BCUT2D eigenvalue weighted by Gasteiger charge is 2.18. The van der Waals surface area contributed by atoms with E-state index in [1.807, 2.05) is 0 Å². The molecule has 180 valence electrons. The van der Waals surface area contributed by atoms with E-state index in [2.05, 4.69) is 127 Å². The van der Waals surface area contributed by atoms with Crippen LogP contribution in [0.5, 0.6) is 0 Å². The first kappa shape index (κ1) is 25.7. The van der Waals surface area contributed by atoms with Gasteiger partial charge >= 0.3 is 0 Å². The second-order valence-corrected chi connectivity index (χ2v) is 10.6. The molecule has 0 aliphatic rings. The van der Waals surface area contributed by atoms with Crippen LogP contribution in [-0.2, 0) is 6.42 Å². The molecule has 3 aromatic carbocycles. The Morgan fingerprint density at radius 2 is 1.03 bits per heavy atom. The van der Waals surface area contributed by atoms with Crippen molar-refractivity contribution in [3.05, 3.63) is 94.5 Å². The molecule has 1 N–H and O–H groups in total. The molecule has 3 aromatic rings. The zero-order valence-electron chi connectivity index (χ0n) is 22.3. The average Bonchev–Trinajstić information content (AvgIpc) is 2.79.